The Morgan fingerprint density at radius 1 is 1.14 bits per heavy atom. The maximum Gasteiger partial charge on any atom is 0.227 e. The van der Waals surface area contributed by atoms with Crippen LogP contribution in [0.5, 0.6) is 5.75 Å². The van der Waals surface area contributed by atoms with E-state index in [1.165, 1.54) is 12.8 Å². The standard InChI is InChI=1S/C16H17N5O/c1-11-8-12(4-5-14(11)22)21-10-18-13-9-17-16(19-15(13)21)20-6-2-3-7-20/h4-5,8-10,22H,2-3,6-7H2,1H3. The topological polar surface area (TPSA) is 67.1 Å². The summed E-state index contributed by atoms with van der Waals surface area (Å²) in [6, 6.07) is 5.48. The van der Waals surface area contributed by atoms with Crippen molar-refractivity contribution in [2.24, 2.45) is 0 Å². The molecular weight excluding hydrogens is 278 g/mol. The third-order valence-electron chi connectivity index (χ3n) is 4.13. The number of aromatic nitrogens is 4. The number of hydrogen-bond donors (Lipinski definition) is 1. The van der Waals surface area contributed by atoms with Crippen LogP contribution in [0.25, 0.3) is 16.9 Å². The summed E-state index contributed by atoms with van der Waals surface area (Å²) in [5, 5.41) is 9.68. The summed E-state index contributed by atoms with van der Waals surface area (Å²) in [5.41, 5.74) is 3.33. The summed E-state index contributed by atoms with van der Waals surface area (Å²) in [7, 11) is 0. The highest BCUT2D eigenvalue weighted by atomic mass is 16.3. The van der Waals surface area contributed by atoms with Gasteiger partial charge in [0.15, 0.2) is 5.65 Å². The fourth-order valence-electron chi connectivity index (χ4n) is 2.85. The van der Waals surface area contributed by atoms with Gasteiger partial charge >= 0.3 is 0 Å². The second-order valence-corrected chi connectivity index (χ2v) is 5.66. The molecule has 6 heteroatoms. The number of anilines is 1. The number of benzene rings is 1. The first-order valence-corrected chi connectivity index (χ1v) is 7.47. The minimum atomic E-state index is 0.292. The molecule has 0 unspecified atom stereocenters. The second kappa shape index (κ2) is 4.98. The number of fused-ring (bicyclic) bond motifs is 1. The summed E-state index contributed by atoms with van der Waals surface area (Å²) in [4.78, 5) is 15.7. The third kappa shape index (κ3) is 2.07. The van der Waals surface area contributed by atoms with Crippen LogP contribution < -0.4 is 4.90 Å². The zero-order chi connectivity index (χ0) is 15.1. The quantitative estimate of drug-likeness (QED) is 0.786. The summed E-state index contributed by atoms with van der Waals surface area (Å²) in [5.74, 6) is 1.06. The SMILES string of the molecule is Cc1cc(-n2cnc3cnc(N4CCCC4)nc32)ccc1O. The Bertz CT molecular complexity index is 836. The number of aryl methyl sites for hydroxylation is 1. The molecule has 0 amide bonds. The van der Waals surface area contributed by atoms with Crippen LogP contribution in [-0.4, -0.2) is 37.7 Å². The number of phenolic OH excluding ortho intramolecular Hbond substituents is 1. The maximum absolute atomic E-state index is 9.68. The van der Waals surface area contributed by atoms with Gasteiger partial charge in [-0.3, -0.25) is 4.57 Å². The molecule has 0 radical (unpaired) electrons. The van der Waals surface area contributed by atoms with Crippen LogP contribution in [0.4, 0.5) is 5.95 Å². The van der Waals surface area contributed by atoms with Crippen LogP contribution in [-0.2, 0) is 0 Å². The molecule has 4 rings (SSSR count). The van der Waals surface area contributed by atoms with Crippen molar-refractivity contribution in [3.05, 3.63) is 36.3 Å². The van der Waals surface area contributed by atoms with Gasteiger partial charge in [-0.2, -0.15) is 4.98 Å². The van der Waals surface area contributed by atoms with Crippen LogP contribution in [0, 0.1) is 6.92 Å². The molecule has 1 N–H and O–H groups in total. The maximum atomic E-state index is 9.68. The highest BCUT2D eigenvalue weighted by Crippen LogP contribution is 2.24. The first-order chi connectivity index (χ1) is 10.7. The van der Waals surface area contributed by atoms with E-state index in [9.17, 15) is 5.11 Å². The van der Waals surface area contributed by atoms with Gasteiger partial charge in [0.05, 0.1) is 6.20 Å². The molecule has 0 spiro atoms. The Morgan fingerprint density at radius 2 is 1.95 bits per heavy atom. The molecule has 2 aromatic heterocycles. The van der Waals surface area contributed by atoms with Gasteiger partial charge in [0.1, 0.15) is 17.6 Å². The molecule has 1 aromatic carbocycles. The highest BCUT2D eigenvalue weighted by molar-refractivity contribution is 5.73. The summed E-state index contributed by atoms with van der Waals surface area (Å²) < 4.78 is 1.93. The molecule has 0 saturated carbocycles. The first-order valence-electron chi connectivity index (χ1n) is 7.47. The van der Waals surface area contributed by atoms with Crippen LogP contribution in [0.2, 0.25) is 0 Å². The summed E-state index contributed by atoms with van der Waals surface area (Å²) in [6.07, 6.45) is 5.91. The number of imidazole rings is 1. The molecule has 3 aromatic rings. The van der Waals surface area contributed by atoms with Crippen LogP contribution in [0.1, 0.15) is 18.4 Å². The molecule has 6 nitrogen and oxygen atoms in total. The number of phenols is 1. The lowest BCUT2D eigenvalue weighted by molar-refractivity contribution is 0.471. The summed E-state index contributed by atoms with van der Waals surface area (Å²) >= 11 is 0. The molecule has 0 aliphatic carbocycles. The zero-order valence-corrected chi connectivity index (χ0v) is 12.4. The molecular formula is C16H17N5O. The molecule has 22 heavy (non-hydrogen) atoms. The third-order valence-corrected chi connectivity index (χ3v) is 4.13. The van der Waals surface area contributed by atoms with E-state index in [1.807, 2.05) is 23.6 Å². The normalized spacial score (nSPS) is 14.9. The van der Waals surface area contributed by atoms with Crippen molar-refractivity contribution in [1.82, 2.24) is 19.5 Å². The average molecular weight is 295 g/mol. The Hall–Kier alpha value is -2.63. The summed E-state index contributed by atoms with van der Waals surface area (Å²) in [6.45, 7) is 3.90. The van der Waals surface area contributed by atoms with Gasteiger partial charge in [-0.1, -0.05) is 0 Å². The fourth-order valence-corrected chi connectivity index (χ4v) is 2.85. The Morgan fingerprint density at radius 3 is 2.73 bits per heavy atom. The van der Waals surface area contributed by atoms with E-state index < -0.39 is 0 Å². The molecule has 0 bridgehead atoms. The smallest absolute Gasteiger partial charge is 0.227 e. The second-order valence-electron chi connectivity index (χ2n) is 5.66. The lowest BCUT2D eigenvalue weighted by Gasteiger charge is -2.14. The van der Waals surface area contributed by atoms with E-state index in [4.69, 9.17) is 4.98 Å². The van der Waals surface area contributed by atoms with Crippen molar-refractivity contribution in [2.45, 2.75) is 19.8 Å². The first kappa shape index (κ1) is 13.1. The van der Waals surface area contributed by atoms with E-state index in [0.29, 0.717) is 5.75 Å². The minimum Gasteiger partial charge on any atom is -0.508 e. The minimum absolute atomic E-state index is 0.292. The zero-order valence-electron chi connectivity index (χ0n) is 12.4. The van der Waals surface area contributed by atoms with Gasteiger partial charge in [-0.25, -0.2) is 9.97 Å². The van der Waals surface area contributed by atoms with Crippen molar-refractivity contribution in [3.63, 3.8) is 0 Å². The molecule has 1 aliphatic rings. The van der Waals surface area contributed by atoms with E-state index in [2.05, 4.69) is 14.9 Å². The van der Waals surface area contributed by atoms with Crippen LogP contribution >= 0.6 is 0 Å². The Balaban J connectivity index is 1.83. The average Bonchev–Trinajstić information content (AvgIpc) is 3.18. The lowest BCUT2D eigenvalue weighted by atomic mass is 10.2. The molecule has 1 aliphatic heterocycles. The Labute approximate surface area is 128 Å². The van der Waals surface area contributed by atoms with Crippen LogP contribution in [0.15, 0.2) is 30.7 Å². The van der Waals surface area contributed by atoms with Gasteiger partial charge in [0.25, 0.3) is 0 Å². The van der Waals surface area contributed by atoms with E-state index in [0.717, 1.165) is 41.5 Å². The van der Waals surface area contributed by atoms with Crippen molar-refractivity contribution >= 4 is 17.1 Å². The van der Waals surface area contributed by atoms with Gasteiger partial charge in [0, 0.05) is 18.8 Å². The van der Waals surface area contributed by atoms with Gasteiger partial charge in [-0.05, 0) is 43.5 Å². The monoisotopic (exact) mass is 295 g/mol. The van der Waals surface area contributed by atoms with Crippen LogP contribution in [0.3, 0.4) is 0 Å². The number of rotatable bonds is 2. The highest BCUT2D eigenvalue weighted by Gasteiger charge is 2.17. The lowest BCUT2D eigenvalue weighted by Crippen LogP contribution is -2.20. The predicted octanol–water partition coefficient (Wildman–Crippen LogP) is 2.43. The van der Waals surface area contributed by atoms with E-state index >= 15 is 0 Å². The number of nitrogens with zero attached hydrogens (tertiary/aromatic N) is 5. The largest absolute Gasteiger partial charge is 0.508 e. The predicted molar refractivity (Wildman–Crippen MR) is 84.5 cm³/mol. The van der Waals surface area contributed by atoms with Crippen molar-refractivity contribution < 1.29 is 5.11 Å². The van der Waals surface area contributed by atoms with Crippen molar-refractivity contribution in [3.8, 4) is 11.4 Å². The molecule has 1 saturated heterocycles. The van der Waals surface area contributed by atoms with Gasteiger partial charge in [0.2, 0.25) is 5.95 Å². The Kier molecular flexibility index (Phi) is 2.96. The molecule has 112 valence electrons. The van der Waals surface area contributed by atoms with Gasteiger partial charge in [-0.15, -0.1) is 0 Å². The van der Waals surface area contributed by atoms with Crippen molar-refractivity contribution in [1.29, 1.82) is 0 Å². The van der Waals surface area contributed by atoms with E-state index in [1.54, 1.807) is 18.6 Å². The fraction of sp³-hybridized carbons (Fsp3) is 0.312. The van der Waals surface area contributed by atoms with Gasteiger partial charge < -0.3 is 10.0 Å². The molecule has 0 atom stereocenters. The molecule has 1 fully saturated rings. The van der Waals surface area contributed by atoms with E-state index in [-0.39, 0.29) is 0 Å². The number of hydrogen-bond acceptors (Lipinski definition) is 5. The number of aromatic hydroxyl groups is 1. The molecule has 3 heterocycles. The van der Waals surface area contributed by atoms with Crippen molar-refractivity contribution in [2.75, 3.05) is 18.0 Å².